The van der Waals surface area contributed by atoms with Crippen LogP contribution in [0, 0.1) is 0 Å². The van der Waals surface area contributed by atoms with Gasteiger partial charge in [0.1, 0.15) is 0 Å². The van der Waals surface area contributed by atoms with E-state index in [4.69, 9.17) is 0 Å². The van der Waals surface area contributed by atoms with Crippen LogP contribution >= 0.6 is 0 Å². The number of ether oxygens (including phenoxy) is 1. The SMILES string of the molecule is C=CC(F)(F)C(F)(F)OC(F)(F)C(F)(F)C=C. The average Bonchev–Trinajstić information content (AvgIpc) is 2.15. The Morgan fingerprint density at radius 1 is 0.647 bits per heavy atom. The molecule has 1 nitrogen and oxygen atoms in total. The topological polar surface area (TPSA) is 9.23 Å². The normalized spacial score (nSPS) is 14.6. The lowest BCUT2D eigenvalue weighted by atomic mass is 10.3. The first-order valence-electron chi connectivity index (χ1n) is 3.81. The highest BCUT2D eigenvalue weighted by Gasteiger charge is 2.67. The van der Waals surface area contributed by atoms with Crippen LogP contribution in [0.15, 0.2) is 25.3 Å². The van der Waals surface area contributed by atoms with Gasteiger partial charge < -0.3 is 0 Å². The molecule has 0 spiro atoms. The molecular formula is C8H6F8O. The molecule has 0 amide bonds. The Balaban J connectivity index is 5.20. The van der Waals surface area contributed by atoms with Gasteiger partial charge in [-0.1, -0.05) is 13.2 Å². The maximum Gasteiger partial charge on any atom is 0.427 e. The Kier molecular flexibility index (Phi) is 4.00. The van der Waals surface area contributed by atoms with E-state index < -0.39 is 36.2 Å². The van der Waals surface area contributed by atoms with Gasteiger partial charge in [-0.05, 0) is 12.2 Å². The zero-order valence-electron chi connectivity index (χ0n) is 8.00. The first-order valence-corrected chi connectivity index (χ1v) is 3.81. The van der Waals surface area contributed by atoms with Crippen molar-refractivity contribution in [2.75, 3.05) is 0 Å². The maximum absolute atomic E-state index is 12.5. The van der Waals surface area contributed by atoms with Gasteiger partial charge in [-0.25, -0.2) is 4.74 Å². The van der Waals surface area contributed by atoms with Gasteiger partial charge in [0, 0.05) is 0 Å². The molecule has 0 aliphatic heterocycles. The summed E-state index contributed by atoms with van der Waals surface area (Å²) >= 11 is 0. The van der Waals surface area contributed by atoms with E-state index in [0.717, 1.165) is 0 Å². The molecule has 0 aromatic heterocycles. The Morgan fingerprint density at radius 2 is 0.882 bits per heavy atom. The number of alkyl halides is 8. The molecule has 0 N–H and O–H groups in total. The molecule has 0 aliphatic carbocycles. The molecule has 0 aromatic rings. The van der Waals surface area contributed by atoms with Gasteiger partial charge in [0.25, 0.3) is 0 Å². The third-order valence-electron chi connectivity index (χ3n) is 1.55. The third kappa shape index (κ3) is 2.96. The molecule has 0 heterocycles. The highest BCUT2D eigenvalue weighted by Crippen LogP contribution is 2.45. The molecule has 0 atom stereocenters. The van der Waals surface area contributed by atoms with Gasteiger partial charge in [0.2, 0.25) is 0 Å². The fraction of sp³-hybridized carbons (Fsp3) is 0.500. The van der Waals surface area contributed by atoms with Gasteiger partial charge in [0.05, 0.1) is 0 Å². The summed E-state index contributed by atoms with van der Waals surface area (Å²) in [6.07, 6.45) is -13.1. The van der Waals surface area contributed by atoms with Crippen LogP contribution in [-0.2, 0) is 4.74 Å². The molecule has 0 rings (SSSR count). The molecule has 0 fully saturated rings. The van der Waals surface area contributed by atoms with Crippen LogP contribution in [0.25, 0.3) is 0 Å². The first kappa shape index (κ1) is 15.9. The summed E-state index contributed by atoms with van der Waals surface area (Å²) in [5, 5.41) is 0. The molecule has 0 saturated heterocycles. The standard InChI is InChI=1S/C8H6F8O/c1-3-5(9,10)7(13,14)17-8(15,16)6(11,12)4-2/h3-4H,1-2H2. The van der Waals surface area contributed by atoms with Gasteiger partial charge >= 0.3 is 24.1 Å². The van der Waals surface area contributed by atoms with Crippen LogP contribution in [0.2, 0.25) is 0 Å². The molecule has 0 bridgehead atoms. The zero-order chi connectivity index (χ0) is 14.1. The van der Waals surface area contributed by atoms with E-state index in [1.54, 1.807) is 0 Å². The lowest BCUT2D eigenvalue weighted by Crippen LogP contribution is -2.52. The lowest BCUT2D eigenvalue weighted by molar-refractivity contribution is -0.453. The van der Waals surface area contributed by atoms with Gasteiger partial charge in [-0.15, -0.1) is 0 Å². The van der Waals surface area contributed by atoms with Crippen LogP contribution in [0.3, 0.4) is 0 Å². The van der Waals surface area contributed by atoms with Crippen molar-refractivity contribution in [3.63, 3.8) is 0 Å². The molecule has 17 heavy (non-hydrogen) atoms. The van der Waals surface area contributed by atoms with Crippen LogP contribution in [0.4, 0.5) is 35.1 Å². The Hall–Kier alpha value is -1.12. The molecule has 0 aliphatic rings. The van der Waals surface area contributed by atoms with Crippen LogP contribution in [-0.4, -0.2) is 24.1 Å². The monoisotopic (exact) mass is 270 g/mol. The molecule has 9 heteroatoms. The molecular weight excluding hydrogens is 264 g/mol. The van der Waals surface area contributed by atoms with Crippen molar-refractivity contribution in [1.29, 1.82) is 0 Å². The number of rotatable bonds is 6. The third-order valence-corrected chi connectivity index (χ3v) is 1.55. The van der Waals surface area contributed by atoms with E-state index in [1.165, 1.54) is 0 Å². The molecule has 0 aromatic carbocycles. The van der Waals surface area contributed by atoms with E-state index in [-0.39, 0.29) is 0 Å². The largest absolute Gasteiger partial charge is 0.427 e. The van der Waals surface area contributed by atoms with Crippen LogP contribution in [0.5, 0.6) is 0 Å². The Bertz CT molecular complexity index is 279. The summed E-state index contributed by atoms with van der Waals surface area (Å²) in [6.45, 7) is 4.50. The van der Waals surface area contributed by atoms with E-state index >= 15 is 0 Å². The summed E-state index contributed by atoms with van der Waals surface area (Å²) in [7, 11) is 0. The van der Waals surface area contributed by atoms with Crippen molar-refractivity contribution in [3.05, 3.63) is 25.3 Å². The molecule has 0 saturated carbocycles. The Labute approximate surface area is 90.4 Å². The highest BCUT2D eigenvalue weighted by atomic mass is 19.3. The average molecular weight is 270 g/mol. The highest BCUT2D eigenvalue weighted by molar-refractivity contribution is 4.98. The molecule has 0 unspecified atom stereocenters. The van der Waals surface area contributed by atoms with Crippen molar-refractivity contribution in [1.82, 2.24) is 0 Å². The van der Waals surface area contributed by atoms with Gasteiger partial charge in [0.15, 0.2) is 0 Å². The predicted octanol–water partition coefficient (Wildman–Crippen LogP) is 3.83. The quantitative estimate of drug-likeness (QED) is 0.526. The fourth-order valence-corrected chi connectivity index (χ4v) is 0.535. The zero-order valence-corrected chi connectivity index (χ0v) is 8.00. The minimum atomic E-state index is -5.84. The fourth-order valence-electron chi connectivity index (χ4n) is 0.535. The second-order valence-corrected chi connectivity index (χ2v) is 2.79. The van der Waals surface area contributed by atoms with Gasteiger partial charge in [-0.3, -0.25) is 0 Å². The second kappa shape index (κ2) is 4.28. The predicted molar refractivity (Wildman–Crippen MR) is 41.3 cm³/mol. The smallest absolute Gasteiger partial charge is 0.245 e. The van der Waals surface area contributed by atoms with E-state index in [2.05, 4.69) is 17.9 Å². The molecule has 100 valence electrons. The second-order valence-electron chi connectivity index (χ2n) is 2.79. The number of halogens is 8. The minimum absolute atomic E-state index is 0.699. The number of hydrogen-bond acceptors (Lipinski definition) is 1. The summed E-state index contributed by atoms with van der Waals surface area (Å²) in [6, 6.07) is 0. The summed E-state index contributed by atoms with van der Waals surface area (Å²) in [5.74, 6) is -10.5. The summed E-state index contributed by atoms with van der Waals surface area (Å²) in [5.41, 5.74) is 0. The number of hydrogen-bond donors (Lipinski definition) is 0. The minimum Gasteiger partial charge on any atom is -0.245 e. The Morgan fingerprint density at radius 3 is 1.06 bits per heavy atom. The summed E-state index contributed by atoms with van der Waals surface area (Å²) in [4.78, 5) is 0. The van der Waals surface area contributed by atoms with Crippen molar-refractivity contribution in [2.45, 2.75) is 24.1 Å². The lowest BCUT2D eigenvalue weighted by Gasteiger charge is -2.30. The van der Waals surface area contributed by atoms with Crippen LogP contribution in [0.1, 0.15) is 0 Å². The summed E-state index contributed by atoms with van der Waals surface area (Å²) < 4.78 is 102. The van der Waals surface area contributed by atoms with E-state index in [1.807, 2.05) is 0 Å². The first-order chi connectivity index (χ1) is 7.33. The van der Waals surface area contributed by atoms with Gasteiger partial charge in [-0.2, -0.15) is 35.1 Å². The van der Waals surface area contributed by atoms with Crippen molar-refractivity contribution >= 4 is 0 Å². The van der Waals surface area contributed by atoms with E-state index in [0.29, 0.717) is 0 Å². The van der Waals surface area contributed by atoms with Crippen molar-refractivity contribution in [3.8, 4) is 0 Å². The van der Waals surface area contributed by atoms with Crippen molar-refractivity contribution < 1.29 is 39.9 Å². The maximum atomic E-state index is 12.5. The molecule has 0 radical (unpaired) electrons. The van der Waals surface area contributed by atoms with Crippen molar-refractivity contribution in [2.24, 2.45) is 0 Å². The van der Waals surface area contributed by atoms with E-state index in [9.17, 15) is 35.1 Å². The van der Waals surface area contributed by atoms with Crippen LogP contribution < -0.4 is 0 Å².